The summed E-state index contributed by atoms with van der Waals surface area (Å²) in [6.07, 6.45) is 0.442. The number of methoxy groups -OCH3 is 2. The van der Waals surface area contributed by atoms with Gasteiger partial charge in [-0.25, -0.2) is 13.2 Å². The Bertz CT molecular complexity index is 606. The van der Waals surface area contributed by atoms with Crippen molar-refractivity contribution < 1.29 is 27.8 Å². The molecule has 20 heavy (non-hydrogen) atoms. The van der Waals surface area contributed by atoms with Gasteiger partial charge in [0.25, 0.3) is 0 Å². The Kier molecular flexibility index (Phi) is 5.13. The van der Waals surface area contributed by atoms with E-state index in [2.05, 4.69) is 4.74 Å². The highest BCUT2D eigenvalue weighted by molar-refractivity contribution is 7.90. The van der Waals surface area contributed by atoms with Crippen molar-refractivity contribution in [1.29, 1.82) is 0 Å². The Balaban J connectivity index is 3.69. The molecule has 0 amide bonds. The lowest BCUT2D eigenvalue weighted by Crippen LogP contribution is -2.11. The fraction of sp³-hybridized carbons (Fsp3) is 0.462. The van der Waals surface area contributed by atoms with E-state index in [1.807, 2.05) is 0 Å². The van der Waals surface area contributed by atoms with Gasteiger partial charge in [-0.1, -0.05) is 6.92 Å². The van der Waals surface area contributed by atoms with E-state index in [1.54, 1.807) is 6.92 Å². The predicted octanol–water partition coefficient (Wildman–Crippen LogP) is 1.33. The second kappa shape index (κ2) is 6.23. The van der Waals surface area contributed by atoms with E-state index < -0.39 is 21.9 Å². The average molecular weight is 302 g/mol. The number of ether oxygens (including phenoxy) is 2. The minimum Gasteiger partial charge on any atom is -0.495 e. The lowest BCUT2D eigenvalue weighted by Gasteiger charge is -2.17. The smallest absolute Gasteiger partial charge is 0.341 e. The van der Waals surface area contributed by atoms with E-state index in [9.17, 15) is 18.3 Å². The minimum atomic E-state index is -3.53. The number of aliphatic hydroxyl groups excluding tert-OH is 1. The van der Waals surface area contributed by atoms with Crippen molar-refractivity contribution in [2.24, 2.45) is 0 Å². The molecule has 1 atom stereocenters. The maximum atomic E-state index is 11.8. The normalized spacial score (nSPS) is 12.8. The Labute approximate surface area is 118 Å². The highest BCUT2D eigenvalue weighted by atomic mass is 32.2. The van der Waals surface area contributed by atoms with E-state index >= 15 is 0 Å². The molecular weight excluding hydrogens is 284 g/mol. The third-order valence-electron chi connectivity index (χ3n) is 2.87. The molecular formula is C13H18O6S. The van der Waals surface area contributed by atoms with E-state index in [0.29, 0.717) is 6.42 Å². The van der Waals surface area contributed by atoms with Crippen LogP contribution >= 0.6 is 0 Å². The first-order chi connectivity index (χ1) is 9.26. The second-order valence-electron chi connectivity index (χ2n) is 4.28. The third-order valence-corrected chi connectivity index (χ3v) is 3.97. The van der Waals surface area contributed by atoms with Crippen LogP contribution in [0, 0.1) is 0 Å². The molecule has 0 spiro atoms. The zero-order valence-electron chi connectivity index (χ0n) is 11.8. The molecule has 1 rings (SSSR count). The van der Waals surface area contributed by atoms with Crippen LogP contribution < -0.4 is 4.74 Å². The standard InChI is InChI=1S/C13H18O6S/c1-5-11(14)9-6-8(20(4,16)17)7-10(12(9)18-2)13(15)19-3/h6-7,11,14H,5H2,1-4H3. The summed E-state index contributed by atoms with van der Waals surface area (Å²) < 4.78 is 33.1. The lowest BCUT2D eigenvalue weighted by molar-refractivity contribution is 0.0596. The SMILES string of the molecule is CCC(O)c1cc(S(C)(=O)=O)cc(C(=O)OC)c1OC. The molecule has 0 heterocycles. The zero-order valence-corrected chi connectivity index (χ0v) is 12.7. The van der Waals surface area contributed by atoms with Gasteiger partial charge in [0, 0.05) is 11.8 Å². The van der Waals surface area contributed by atoms with Crippen molar-refractivity contribution in [1.82, 2.24) is 0 Å². The number of benzene rings is 1. The van der Waals surface area contributed by atoms with Crippen LogP contribution in [0.1, 0.15) is 35.4 Å². The van der Waals surface area contributed by atoms with Gasteiger partial charge in [-0.2, -0.15) is 0 Å². The first-order valence-corrected chi connectivity index (χ1v) is 7.83. The van der Waals surface area contributed by atoms with E-state index in [4.69, 9.17) is 4.74 Å². The first-order valence-electron chi connectivity index (χ1n) is 5.94. The number of sulfone groups is 1. The van der Waals surface area contributed by atoms with Gasteiger partial charge >= 0.3 is 5.97 Å². The van der Waals surface area contributed by atoms with Gasteiger partial charge in [0.15, 0.2) is 9.84 Å². The van der Waals surface area contributed by atoms with Crippen LogP contribution in [0.4, 0.5) is 0 Å². The molecule has 0 saturated heterocycles. The fourth-order valence-corrected chi connectivity index (χ4v) is 2.47. The largest absolute Gasteiger partial charge is 0.495 e. The maximum Gasteiger partial charge on any atom is 0.341 e. The summed E-state index contributed by atoms with van der Waals surface area (Å²) in [6.45, 7) is 1.73. The molecule has 1 unspecified atom stereocenters. The van der Waals surface area contributed by atoms with Crippen LogP contribution in [0.2, 0.25) is 0 Å². The molecule has 0 aromatic heterocycles. The van der Waals surface area contributed by atoms with Gasteiger partial charge in [0.2, 0.25) is 0 Å². The van der Waals surface area contributed by atoms with Crippen molar-refractivity contribution in [3.63, 3.8) is 0 Å². The maximum absolute atomic E-state index is 11.8. The first kappa shape index (κ1) is 16.5. The molecule has 1 aromatic carbocycles. The summed E-state index contributed by atoms with van der Waals surface area (Å²) in [5.41, 5.74) is 0.221. The van der Waals surface area contributed by atoms with Crippen LogP contribution in [0.5, 0.6) is 5.75 Å². The summed E-state index contributed by atoms with van der Waals surface area (Å²) in [5.74, 6) is -0.601. The molecule has 112 valence electrons. The summed E-state index contributed by atoms with van der Waals surface area (Å²) in [4.78, 5) is 11.7. The van der Waals surface area contributed by atoms with Crippen molar-refractivity contribution in [3.8, 4) is 5.75 Å². The van der Waals surface area contributed by atoms with Crippen LogP contribution in [-0.2, 0) is 14.6 Å². The molecule has 6 nitrogen and oxygen atoms in total. The quantitative estimate of drug-likeness (QED) is 0.825. The highest BCUT2D eigenvalue weighted by Gasteiger charge is 2.24. The Morgan fingerprint density at radius 3 is 2.35 bits per heavy atom. The van der Waals surface area contributed by atoms with Gasteiger partial charge in [0.1, 0.15) is 11.3 Å². The van der Waals surface area contributed by atoms with E-state index in [1.165, 1.54) is 26.4 Å². The van der Waals surface area contributed by atoms with Gasteiger partial charge < -0.3 is 14.6 Å². The molecule has 0 fully saturated rings. The molecule has 0 radical (unpaired) electrons. The molecule has 0 bridgehead atoms. The van der Waals surface area contributed by atoms with Crippen molar-refractivity contribution in [2.45, 2.75) is 24.3 Å². The number of esters is 1. The molecule has 7 heteroatoms. The Morgan fingerprint density at radius 2 is 1.95 bits per heavy atom. The predicted molar refractivity (Wildman–Crippen MR) is 72.7 cm³/mol. The highest BCUT2D eigenvalue weighted by Crippen LogP contribution is 2.34. The van der Waals surface area contributed by atoms with Crippen LogP contribution in [0.15, 0.2) is 17.0 Å². The average Bonchev–Trinajstić information content (AvgIpc) is 2.42. The second-order valence-corrected chi connectivity index (χ2v) is 6.30. The van der Waals surface area contributed by atoms with Gasteiger partial charge in [-0.15, -0.1) is 0 Å². The fourth-order valence-electron chi connectivity index (χ4n) is 1.79. The van der Waals surface area contributed by atoms with Gasteiger partial charge in [-0.05, 0) is 18.6 Å². The molecule has 0 aliphatic carbocycles. The minimum absolute atomic E-state index is 0.0274. The number of carbonyl (C=O) groups is 1. The van der Waals surface area contributed by atoms with E-state index in [0.717, 1.165) is 6.26 Å². The molecule has 0 saturated carbocycles. The number of hydrogen-bond acceptors (Lipinski definition) is 6. The number of hydrogen-bond donors (Lipinski definition) is 1. The van der Waals surface area contributed by atoms with Crippen molar-refractivity contribution in [2.75, 3.05) is 20.5 Å². The van der Waals surface area contributed by atoms with Crippen molar-refractivity contribution in [3.05, 3.63) is 23.3 Å². The van der Waals surface area contributed by atoms with Crippen LogP contribution in [0.3, 0.4) is 0 Å². The lowest BCUT2D eigenvalue weighted by atomic mass is 10.0. The Hall–Kier alpha value is -1.60. The Morgan fingerprint density at radius 1 is 1.35 bits per heavy atom. The molecule has 1 aromatic rings. The van der Waals surface area contributed by atoms with Gasteiger partial charge in [0.05, 0.1) is 25.2 Å². The zero-order chi connectivity index (χ0) is 15.5. The number of aliphatic hydroxyl groups is 1. The molecule has 1 N–H and O–H groups in total. The monoisotopic (exact) mass is 302 g/mol. The molecule has 0 aliphatic heterocycles. The van der Waals surface area contributed by atoms with Crippen LogP contribution in [0.25, 0.3) is 0 Å². The summed E-state index contributed by atoms with van der Waals surface area (Å²) in [6, 6.07) is 2.50. The summed E-state index contributed by atoms with van der Waals surface area (Å²) >= 11 is 0. The summed E-state index contributed by atoms with van der Waals surface area (Å²) in [7, 11) is -1.00. The van der Waals surface area contributed by atoms with Crippen LogP contribution in [-0.4, -0.2) is 40.0 Å². The van der Waals surface area contributed by atoms with Gasteiger partial charge in [-0.3, -0.25) is 0 Å². The number of carbonyl (C=O) groups excluding carboxylic acids is 1. The van der Waals surface area contributed by atoms with Crippen molar-refractivity contribution >= 4 is 15.8 Å². The molecule has 0 aliphatic rings. The summed E-state index contributed by atoms with van der Waals surface area (Å²) in [5, 5.41) is 9.98. The third kappa shape index (κ3) is 3.29. The number of rotatable bonds is 5. The topological polar surface area (TPSA) is 89.9 Å². The van der Waals surface area contributed by atoms with E-state index in [-0.39, 0.29) is 21.8 Å².